The van der Waals surface area contributed by atoms with Gasteiger partial charge in [-0.3, -0.25) is 4.79 Å². The van der Waals surface area contributed by atoms with Gasteiger partial charge in [-0.05, 0) is 62.6 Å². The molecule has 6 nitrogen and oxygen atoms in total. The molecule has 1 amide bonds. The van der Waals surface area contributed by atoms with Gasteiger partial charge in [0.25, 0.3) is 5.91 Å². The average Bonchev–Trinajstić information content (AvgIpc) is 2.85. The quantitative estimate of drug-likeness (QED) is 0.433. The summed E-state index contributed by atoms with van der Waals surface area (Å²) in [7, 11) is -2.15. The molecule has 0 aliphatic heterocycles. The maximum Gasteiger partial charge on any atom is 0.251 e. The normalized spacial score (nSPS) is 12.4. The summed E-state index contributed by atoms with van der Waals surface area (Å²) in [6, 6.07) is 23.6. The van der Waals surface area contributed by atoms with Crippen LogP contribution in [0.15, 0.2) is 83.8 Å². The fourth-order valence-corrected chi connectivity index (χ4v) is 4.81. The van der Waals surface area contributed by atoms with E-state index in [-0.39, 0.29) is 23.4 Å². The SMILES string of the molecule is CCOc1ccc(C(=O)NC(C)CCc2ccccc2)cc1CN(C)S(=O)(=O)c1ccccc1. The zero-order valence-electron chi connectivity index (χ0n) is 19.9. The summed E-state index contributed by atoms with van der Waals surface area (Å²) in [4.78, 5) is 13.1. The second kappa shape index (κ2) is 11.8. The average molecular weight is 481 g/mol. The van der Waals surface area contributed by atoms with Crippen LogP contribution in [0.3, 0.4) is 0 Å². The zero-order valence-corrected chi connectivity index (χ0v) is 20.7. The van der Waals surface area contributed by atoms with Crippen LogP contribution in [0.4, 0.5) is 0 Å². The van der Waals surface area contributed by atoms with E-state index in [0.29, 0.717) is 23.5 Å². The molecule has 180 valence electrons. The maximum absolute atomic E-state index is 13.0. The molecule has 3 rings (SSSR count). The molecular formula is C27H32N2O4S. The van der Waals surface area contributed by atoms with Crippen molar-refractivity contribution in [2.75, 3.05) is 13.7 Å². The van der Waals surface area contributed by atoms with E-state index in [9.17, 15) is 13.2 Å². The Morgan fingerprint density at radius 1 is 1.00 bits per heavy atom. The third-order valence-electron chi connectivity index (χ3n) is 5.55. The summed E-state index contributed by atoms with van der Waals surface area (Å²) >= 11 is 0. The molecule has 7 heteroatoms. The Morgan fingerprint density at radius 2 is 1.65 bits per heavy atom. The topological polar surface area (TPSA) is 75.7 Å². The monoisotopic (exact) mass is 480 g/mol. The highest BCUT2D eigenvalue weighted by molar-refractivity contribution is 7.89. The van der Waals surface area contributed by atoms with Crippen LogP contribution in [0.25, 0.3) is 0 Å². The van der Waals surface area contributed by atoms with Gasteiger partial charge in [0.05, 0.1) is 11.5 Å². The van der Waals surface area contributed by atoms with E-state index in [1.807, 2.05) is 32.0 Å². The van der Waals surface area contributed by atoms with Crippen molar-refractivity contribution in [3.63, 3.8) is 0 Å². The summed E-state index contributed by atoms with van der Waals surface area (Å²) in [6.07, 6.45) is 1.69. The molecule has 0 aliphatic rings. The third-order valence-corrected chi connectivity index (χ3v) is 7.37. The van der Waals surface area contributed by atoms with Gasteiger partial charge in [0.1, 0.15) is 5.75 Å². The number of carbonyl (C=O) groups is 1. The van der Waals surface area contributed by atoms with Crippen molar-refractivity contribution in [2.45, 2.75) is 44.2 Å². The first-order valence-electron chi connectivity index (χ1n) is 11.4. The van der Waals surface area contributed by atoms with E-state index < -0.39 is 10.0 Å². The number of hydrogen-bond donors (Lipinski definition) is 1. The highest BCUT2D eigenvalue weighted by atomic mass is 32.2. The Morgan fingerprint density at radius 3 is 2.29 bits per heavy atom. The molecule has 3 aromatic rings. The summed E-state index contributed by atoms with van der Waals surface area (Å²) in [5.41, 5.74) is 2.33. The van der Waals surface area contributed by atoms with E-state index in [4.69, 9.17) is 4.74 Å². The highest BCUT2D eigenvalue weighted by Crippen LogP contribution is 2.25. The minimum Gasteiger partial charge on any atom is -0.494 e. The molecule has 34 heavy (non-hydrogen) atoms. The fourth-order valence-electron chi connectivity index (χ4n) is 3.64. The molecular weight excluding hydrogens is 448 g/mol. The number of hydrogen-bond acceptors (Lipinski definition) is 4. The van der Waals surface area contributed by atoms with Gasteiger partial charge in [-0.25, -0.2) is 8.42 Å². The van der Waals surface area contributed by atoms with Gasteiger partial charge in [0, 0.05) is 30.8 Å². The molecule has 0 spiro atoms. The Kier molecular flexibility index (Phi) is 8.85. The van der Waals surface area contributed by atoms with Crippen molar-refractivity contribution in [1.82, 2.24) is 9.62 Å². The van der Waals surface area contributed by atoms with E-state index in [2.05, 4.69) is 17.4 Å². The number of nitrogens with zero attached hydrogens (tertiary/aromatic N) is 1. The largest absolute Gasteiger partial charge is 0.494 e. The lowest BCUT2D eigenvalue weighted by atomic mass is 10.1. The number of ether oxygens (including phenoxy) is 1. The number of rotatable bonds is 11. The molecule has 1 atom stereocenters. The second-order valence-corrected chi connectivity index (χ2v) is 10.3. The smallest absolute Gasteiger partial charge is 0.251 e. The number of nitrogens with one attached hydrogen (secondary N) is 1. The summed E-state index contributed by atoms with van der Waals surface area (Å²) in [5, 5.41) is 3.04. The molecule has 0 fully saturated rings. The molecule has 0 radical (unpaired) electrons. The van der Waals surface area contributed by atoms with Crippen LogP contribution in [0.1, 0.15) is 41.8 Å². The van der Waals surface area contributed by atoms with Crippen LogP contribution in [-0.4, -0.2) is 38.3 Å². The Hall–Kier alpha value is -3.16. The standard InChI is InChI=1S/C27H32N2O4S/c1-4-33-26-18-17-23(27(30)28-21(2)15-16-22-11-7-5-8-12-22)19-24(26)20-29(3)34(31,32)25-13-9-6-10-14-25/h5-14,17-19,21H,4,15-16,20H2,1-3H3,(H,28,30). The minimum absolute atomic E-state index is 0.0103. The van der Waals surface area contributed by atoms with E-state index in [1.165, 1.54) is 16.9 Å². The molecule has 1 unspecified atom stereocenters. The van der Waals surface area contributed by atoms with Gasteiger partial charge in [-0.2, -0.15) is 4.31 Å². The summed E-state index contributed by atoms with van der Waals surface area (Å²) in [6.45, 7) is 4.36. The molecule has 0 saturated carbocycles. The Balaban J connectivity index is 1.72. The molecule has 0 aliphatic carbocycles. The number of sulfonamides is 1. The van der Waals surface area contributed by atoms with Crippen LogP contribution >= 0.6 is 0 Å². The van der Waals surface area contributed by atoms with Gasteiger partial charge >= 0.3 is 0 Å². The summed E-state index contributed by atoms with van der Waals surface area (Å²) in [5.74, 6) is 0.365. The second-order valence-electron chi connectivity index (χ2n) is 8.23. The Labute approximate surface area is 202 Å². The van der Waals surface area contributed by atoms with Gasteiger partial charge in [-0.1, -0.05) is 48.5 Å². The van der Waals surface area contributed by atoms with Crippen LogP contribution in [-0.2, 0) is 23.0 Å². The summed E-state index contributed by atoms with van der Waals surface area (Å²) < 4.78 is 32.9. The number of aryl methyl sites for hydroxylation is 1. The van der Waals surface area contributed by atoms with Crippen molar-refractivity contribution in [1.29, 1.82) is 0 Å². The molecule has 1 N–H and O–H groups in total. The number of benzene rings is 3. The maximum atomic E-state index is 13.0. The molecule has 3 aromatic carbocycles. The molecule has 0 bridgehead atoms. The highest BCUT2D eigenvalue weighted by Gasteiger charge is 2.22. The number of amides is 1. The van der Waals surface area contributed by atoms with E-state index >= 15 is 0 Å². The predicted molar refractivity (Wildman–Crippen MR) is 134 cm³/mol. The van der Waals surface area contributed by atoms with Crippen molar-refractivity contribution in [2.24, 2.45) is 0 Å². The first kappa shape index (κ1) is 25.5. The van der Waals surface area contributed by atoms with Crippen LogP contribution in [0, 0.1) is 0 Å². The van der Waals surface area contributed by atoms with Crippen LogP contribution in [0.2, 0.25) is 0 Å². The molecule has 0 heterocycles. The third kappa shape index (κ3) is 6.68. The fraction of sp³-hybridized carbons (Fsp3) is 0.296. The van der Waals surface area contributed by atoms with Gasteiger partial charge in [0.15, 0.2) is 0 Å². The first-order valence-corrected chi connectivity index (χ1v) is 12.9. The lowest BCUT2D eigenvalue weighted by molar-refractivity contribution is 0.0938. The lowest BCUT2D eigenvalue weighted by Gasteiger charge is -2.20. The van der Waals surface area contributed by atoms with Crippen LogP contribution in [0.5, 0.6) is 5.75 Å². The van der Waals surface area contributed by atoms with Gasteiger partial charge < -0.3 is 10.1 Å². The van der Waals surface area contributed by atoms with Gasteiger partial charge in [0.2, 0.25) is 10.0 Å². The van der Waals surface area contributed by atoms with Crippen molar-refractivity contribution in [3.8, 4) is 5.75 Å². The van der Waals surface area contributed by atoms with E-state index in [1.54, 1.807) is 48.5 Å². The minimum atomic E-state index is -3.68. The van der Waals surface area contributed by atoms with Crippen molar-refractivity contribution >= 4 is 15.9 Å². The van der Waals surface area contributed by atoms with Crippen LogP contribution < -0.4 is 10.1 Å². The molecule has 0 saturated heterocycles. The van der Waals surface area contributed by atoms with E-state index in [0.717, 1.165) is 12.8 Å². The molecule has 0 aromatic heterocycles. The van der Waals surface area contributed by atoms with Crippen molar-refractivity contribution in [3.05, 3.63) is 95.6 Å². The first-order chi connectivity index (χ1) is 16.3. The predicted octanol–water partition coefficient (Wildman–Crippen LogP) is 4.66. The number of carbonyl (C=O) groups excluding carboxylic acids is 1. The van der Waals surface area contributed by atoms with Crippen molar-refractivity contribution < 1.29 is 17.9 Å². The lowest BCUT2D eigenvalue weighted by Crippen LogP contribution is -2.33. The Bertz CT molecular complexity index is 1180. The van der Waals surface area contributed by atoms with Gasteiger partial charge in [-0.15, -0.1) is 0 Å². The zero-order chi connectivity index (χ0) is 24.6.